The molecule has 6 heteroatoms. The third-order valence-electron chi connectivity index (χ3n) is 2.03. The molecule has 0 fully saturated rings. The first-order valence-corrected chi connectivity index (χ1v) is 5.89. The molecule has 2 rings (SSSR count). The summed E-state index contributed by atoms with van der Waals surface area (Å²) in [7, 11) is 1.81. The Kier molecular flexibility index (Phi) is 3.43. The van der Waals surface area contributed by atoms with Crippen molar-refractivity contribution in [2.45, 2.75) is 17.1 Å². The normalized spacial score (nSPS) is 10.2. The van der Waals surface area contributed by atoms with Crippen molar-refractivity contribution in [3.8, 4) is 0 Å². The van der Waals surface area contributed by atoms with E-state index in [0.29, 0.717) is 10.9 Å². The van der Waals surface area contributed by atoms with Gasteiger partial charge in [-0.15, -0.1) is 0 Å². The standard InChI is InChI=1S/C11H12N4OS/c1-7-6-9(16)15-11(13-7)17-10-5-3-4-8(12-2)14-10/h3-6H,1-2H3,(H,12,14)(H,13,15,16). The Morgan fingerprint density at radius 1 is 1.35 bits per heavy atom. The molecular weight excluding hydrogens is 236 g/mol. The van der Waals surface area contributed by atoms with Crippen LogP contribution < -0.4 is 10.9 Å². The zero-order chi connectivity index (χ0) is 12.3. The van der Waals surface area contributed by atoms with Crippen molar-refractivity contribution in [3.05, 3.63) is 40.3 Å². The molecule has 2 aromatic heterocycles. The lowest BCUT2D eigenvalue weighted by Crippen LogP contribution is -2.08. The molecule has 2 heterocycles. The molecule has 5 nitrogen and oxygen atoms in total. The van der Waals surface area contributed by atoms with Crippen LogP contribution in [-0.4, -0.2) is 22.0 Å². The fraction of sp³-hybridized carbons (Fsp3) is 0.182. The number of anilines is 1. The van der Waals surface area contributed by atoms with Crippen LogP contribution in [-0.2, 0) is 0 Å². The van der Waals surface area contributed by atoms with Crippen molar-refractivity contribution >= 4 is 17.6 Å². The number of nitrogens with one attached hydrogen (secondary N) is 2. The highest BCUT2D eigenvalue weighted by molar-refractivity contribution is 7.99. The summed E-state index contributed by atoms with van der Waals surface area (Å²) >= 11 is 1.33. The van der Waals surface area contributed by atoms with E-state index < -0.39 is 0 Å². The van der Waals surface area contributed by atoms with Crippen LogP contribution in [0.25, 0.3) is 0 Å². The van der Waals surface area contributed by atoms with Crippen molar-refractivity contribution in [2.75, 3.05) is 12.4 Å². The second kappa shape index (κ2) is 5.01. The Bertz CT molecular complexity index is 582. The maximum Gasteiger partial charge on any atom is 0.251 e. The molecule has 0 amide bonds. The second-order valence-corrected chi connectivity index (χ2v) is 4.41. The first kappa shape index (κ1) is 11.7. The van der Waals surface area contributed by atoms with E-state index in [4.69, 9.17) is 0 Å². The van der Waals surface area contributed by atoms with E-state index in [0.717, 1.165) is 10.8 Å². The highest BCUT2D eigenvalue weighted by atomic mass is 32.2. The Morgan fingerprint density at radius 2 is 2.18 bits per heavy atom. The molecule has 0 aliphatic heterocycles. The van der Waals surface area contributed by atoms with Crippen molar-refractivity contribution in [3.63, 3.8) is 0 Å². The molecule has 17 heavy (non-hydrogen) atoms. The van der Waals surface area contributed by atoms with Gasteiger partial charge in [0.2, 0.25) is 0 Å². The largest absolute Gasteiger partial charge is 0.373 e. The van der Waals surface area contributed by atoms with Gasteiger partial charge >= 0.3 is 0 Å². The Labute approximate surface area is 103 Å². The molecule has 0 unspecified atom stereocenters. The molecule has 2 N–H and O–H groups in total. The Balaban J connectivity index is 2.27. The maximum absolute atomic E-state index is 11.3. The van der Waals surface area contributed by atoms with Gasteiger partial charge in [-0.05, 0) is 30.8 Å². The summed E-state index contributed by atoms with van der Waals surface area (Å²) in [5, 5.41) is 4.29. The van der Waals surface area contributed by atoms with Crippen LogP contribution in [0.15, 0.2) is 39.2 Å². The van der Waals surface area contributed by atoms with Crippen LogP contribution in [0.5, 0.6) is 0 Å². The highest BCUT2D eigenvalue weighted by Crippen LogP contribution is 2.22. The quantitative estimate of drug-likeness (QED) is 0.808. The number of hydrogen-bond donors (Lipinski definition) is 2. The Morgan fingerprint density at radius 3 is 2.88 bits per heavy atom. The second-order valence-electron chi connectivity index (χ2n) is 3.41. The minimum atomic E-state index is -0.148. The first-order valence-electron chi connectivity index (χ1n) is 5.08. The van der Waals surface area contributed by atoms with Crippen LogP contribution in [0.2, 0.25) is 0 Å². The van der Waals surface area contributed by atoms with Gasteiger partial charge in [-0.1, -0.05) is 6.07 Å². The van der Waals surface area contributed by atoms with Crippen molar-refractivity contribution in [1.29, 1.82) is 0 Å². The van der Waals surface area contributed by atoms with Gasteiger partial charge in [0.15, 0.2) is 5.16 Å². The van der Waals surface area contributed by atoms with Crippen LogP contribution in [0.4, 0.5) is 5.82 Å². The molecule has 0 saturated carbocycles. The lowest BCUT2D eigenvalue weighted by Gasteiger charge is -2.03. The van der Waals surface area contributed by atoms with Gasteiger partial charge in [-0.2, -0.15) is 0 Å². The van der Waals surface area contributed by atoms with Gasteiger partial charge in [0, 0.05) is 18.8 Å². The maximum atomic E-state index is 11.3. The van der Waals surface area contributed by atoms with E-state index >= 15 is 0 Å². The predicted molar refractivity (Wildman–Crippen MR) is 67.5 cm³/mol. The SMILES string of the molecule is CNc1cccc(Sc2nc(C)cc(=O)[nH]2)n1. The molecule has 0 spiro atoms. The number of aryl methyl sites for hydroxylation is 1. The van der Waals surface area contributed by atoms with Crippen LogP contribution >= 0.6 is 11.8 Å². The van der Waals surface area contributed by atoms with Gasteiger partial charge in [-0.25, -0.2) is 9.97 Å². The number of aromatic amines is 1. The van der Waals surface area contributed by atoms with Gasteiger partial charge in [0.25, 0.3) is 5.56 Å². The van der Waals surface area contributed by atoms with Gasteiger partial charge in [0.1, 0.15) is 10.8 Å². The predicted octanol–water partition coefficient (Wildman–Crippen LogP) is 1.67. The topological polar surface area (TPSA) is 70.7 Å². The summed E-state index contributed by atoms with van der Waals surface area (Å²) in [4.78, 5) is 22.5. The van der Waals surface area contributed by atoms with Crippen molar-refractivity contribution in [2.24, 2.45) is 0 Å². The third kappa shape index (κ3) is 3.07. The number of hydrogen-bond acceptors (Lipinski definition) is 5. The van der Waals surface area contributed by atoms with Crippen LogP contribution in [0.1, 0.15) is 5.69 Å². The smallest absolute Gasteiger partial charge is 0.251 e. The fourth-order valence-electron chi connectivity index (χ4n) is 1.31. The number of aromatic nitrogens is 3. The fourth-order valence-corrected chi connectivity index (χ4v) is 2.14. The van der Waals surface area contributed by atoms with E-state index in [-0.39, 0.29) is 5.56 Å². The minimum absolute atomic E-state index is 0.148. The molecular formula is C11H12N4OS. The molecule has 88 valence electrons. The van der Waals surface area contributed by atoms with Crippen LogP contribution in [0, 0.1) is 6.92 Å². The molecule has 0 aliphatic rings. The van der Waals surface area contributed by atoms with E-state index in [1.54, 1.807) is 6.92 Å². The summed E-state index contributed by atoms with van der Waals surface area (Å²) in [5.41, 5.74) is 0.547. The van der Waals surface area contributed by atoms with E-state index in [9.17, 15) is 4.79 Å². The van der Waals surface area contributed by atoms with E-state index in [1.807, 2.05) is 25.2 Å². The average Bonchev–Trinajstić information content (AvgIpc) is 2.28. The van der Waals surface area contributed by atoms with Gasteiger partial charge in [0.05, 0.1) is 0 Å². The first-order chi connectivity index (χ1) is 8.17. The summed E-state index contributed by atoms with van der Waals surface area (Å²) in [5.74, 6) is 0.782. The highest BCUT2D eigenvalue weighted by Gasteiger charge is 2.03. The summed E-state index contributed by atoms with van der Waals surface area (Å²) in [6, 6.07) is 7.10. The van der Waals surface area contributed by atoms with E-state index in [2.05, 4.69) is 20.3 Å². The van der Waals surface area contributed by atoms with Crippen molar-refractivity contribution < 1.29 is 0 Å². The number of pyridine rings is 1. The minimum Gasteiger partial charge on any atom is -0.373 e. The van der Waals surface area contributed by atoms with Gasteiger partial charge in [-0.3, -0.25) is 4.79 Å². The molecule has 0 bridgehead atoms. The zero-order valence-corrected chi connectivity index (χ0v) is 10.3. The summed E-state index contributed by atoms with van der Waals surface area (Å²) in [6.45, 7) is 1.79. The van der Waals surface area contributed by atoms with Crippen LogP contribution in [0.3, 0.4) is 0 Å². The summed E-state index contributed by atoms with van der Waals surface area (Å²) < 4.78 is 0. The van der Waals surface area contributed by atoms with Crippen molar-refractivity contribution in [1.82, 2.24) is 15.0 Å². The number of rotatable bonds is 3. The summed E-state index contributed by atoms with van der Waals surface area (Å²) in [6.07, 6.45) is 0. The molecule has 0 radical (unpaired) electrons. The molecule has 2 aromatic rings. The van der Waals surface area contributed by atoms with E-state index in [1.165, 1.54) is 17.8 Å². The molecule has 0 aliphatic carbocycles. The lowest BCUT2D eigenvalue weighted by molar-refractivity contribution is 0.902. The molecule has 0 saturated heterocycles. The lowest BCUT2D eigenvalue weighted by atomic mass is 10.5. The average molecular weight is 248 g/mol. The monoisotopic (exact) mass is 248 g/mol. The molecule has 0 atom stereocenters. The Hall–Kier alpha value is -1.82. The zero-order valence-electron chi connectivity index (χ0n) is 9.52. The number of nitrogens with zero attached hydrogens (tertiary/aromatic N) is 2. The third-order valence-corrected chi connectivity index (χ3v) is 2.85. The molecule has 0 aromatic carbocycles. The van der Waals surface area contributed by atoms with Gasteiger partial charge < -0.3 is 10.3 Å². The number of H-pyrrole nitrogens is 1.